The van der Waals surface area contributed by atoms with E-state index in [1.165, 1.54) is 10.6 Å². The molecule has 2 aromatic heterocycles. The van der Waals surface area contributed by atoms with E-state index in [1.54, 1.807) is 13.1 Å². The zero-order valence-corrected chi connectivity index (χ0v) is 6.87. The number of fused-ring (bicyclic) bond motifs is 1. The Morgan fingerprint density at radius 1 is 1.33 bits per heavy atom. The molecule has 2 aromatic rings. The van der Waals surface area contributed by atoms with Crippen LogP contribution in [0.3, 0.4) is 0 Å². The van der Waals surface area contributed by atoms with Crippen LogP contribution in [-0.4, -0.2) is 14.6 Å². The van der Waals surface area contributed by atoms with Crippen LogP contribution in [0.25, 0.3) is 5.65 Å². The molecular weight excluding hydrogens is 157 g/mol. The molecule has 0 aromatic carbocycles. The van der Waals surface area contributed by atoms with Crippen molar-refractivity contribution in [3.8, 4) is 0 Å². The van der Waals surface area contributed by atoms with Gasteiger partial charge in [0.25, 0.3) is 0 Å². The second kappa shape index (κ2) is 2.27. The first-order valence-corrected chi connectivity index (χ1v) is 3.66. The Labute approximate surface area is 68.9 Å². The summed E-state index contributed by atoms with van der Waals surface area (Å²) in [5, 5.41) is 4.07. The quantitative estimate of drug-likeness (QED) is 0.592. The molecule has 0 saturated heterocycles. The van der Waals surface area contributed by atoms with Gasteiger partial charge in [0, 0.05) is 6.07 Å². The van der Waals surface area contributed by atoms with Crippen molar-refractivity contribution in [3.63, 3.8) is 0 Å². The van der Waals surface area contributed by atoms with E-state index < -0.39 is 0 Å². The highest BCUT2D eigenvalue weighted by atomic mass is 19.1. The lowest BCUT2D eigenvalue weighted by atomic mass is 10.4. The fraction of sp³-hybridized carbons (Fsp3) is 0.250. The summed E-state index contributed by atoms with van der Waals surface area (Å²) in [5.74, 6) is -0.324. The summed E-state index contributed by atoms with van der Waals surface area (Å²) in [5.41, 5.74) is 1.71. The normalized spacial score (nSPS) is 10.9. The van der Waals surface area contributed by atoms with Crippen LogP contribution in [0.15, 0.2) is 12.3 Å². The molecule has 3 nitrogen and oxygen atoms in total. The predicted molar refractivity (Wildman–Crippen MR) is 42.4 cm³/mol. The summed E-state index contributed by atoms with van der Waals surface area (Å²) in [6.07, 6.45) is 1.70. The Morgan fingerprint density at radius 3 is 2.83 bits per heavy atom. The number of imidazole rings is 1. The van der Waals surface area contributed by atoms with Crippen LogP contribution in [0.5, 0.6) is 0 Å². The van der Waals surface area contributed by atoms with Crippen LogP contribution in [0, 0.1) is 19.7 Å². The Balaban J connectivity index is 2.88. The zero-order chi connectivity index (χ0) is 8.72. The molecule has 0 atom stereocenters. The van der Waals surface area contributed by atoms with Crippen molar-refractivity contribution in [3.05, 3.63) is 29.5 Å². The Hall–Kier alpha value is -1.45. The average Bonchev–Trinajstić information content (AvgIpc) is 2.29. The van der Waals surface area contributed by atoms with E-state index in [2.05, 4.69) is 10.1 Å². The zero-order valence-electron chi connectivity index (χ0n) is 6.87. The van der Waals surface area contributed by atoms with Crippen LogP contribution in [0.1, 0.15) is 11.4 Å². The van der Waals surface area contributed by atoms with E-state index >= 15 is 0 Å². The van der Waals surface area contributed by atoms with Crippen molar-refractivity contribution in [2.24, 2.45) is 0 Å². The molecule has 2 heterocycles. The first kappa shape index (κ1) is 7.21. The highest BCUT2D eigenvalue weighted by Gasteiger charge is 2.05. The van der Waals surface area contributed by atoms with Gasteiger partial charge in [-0.2, -0.15) is 5.10 Å². The van der Waals surface area contributed by atoms with Crippen LogP contribution in [-0.2, 0) is 0 Å². The molecule has 0 amide bonds. The van der Waals surface area contributed by atoms with Gasteiger partial charge in [-0.3, -0.25) is 0 Å². The molecule has 0 aliphatic rings. The summed E-state index contributed by atoms with van der Waals surface area (Å²) >= 11 is 0. The lowest BCUT2D eigenvalue weighted by Gasteiger charge is -1.94. The van der Waals surface area contributed by atoms with Gasteiger partial charge in [-0.1, -0.05) is 0 Å². The van der Waals surface area contributed by atoms with Gasteiger partial charge in [0.15, 0.2) is 11.5 Å². The van der Waals surface area contributed by atoms with Crippen molar-refractivity contribution >= 4 is 5.65 Å². The smallest absolute Gasteiger partial charge is 0.190 e. The van der Waals surface area contributed by atoms with Gasteiger partial charge in [-0.15, -0.1) is 0 Å². The molecular formula is C8H8FN3. The summed E-state index contributed by atoms with van der Waals surface area (Å²) in [4.78, 5) is 3.98. The Morgan fingerprint density at radius 2 is 2.08 bits per heavy atom. The first-order chi connectivity index (χ1) is 5.66. The summed E-state index contributed by atoms with van der Waals surface area (Å²) in [6, 6.07) is 1.38. The summed E-state index contributed by atoms with van der Waals surface area (Å²) in [6.45, 7) is 3.56. The van der Waals surface area contributed by atoms with Gasteiger partial charge in [0.1, 0.15) is 0 Å². The number of hydrogen-bond donors (Lipinski definition) is 0. The molecule has 0 spiro atoms. The lowest BCUT2D eigenvalue weighted by Crippen LogP contribution is -1.95. The maximum Gasteiger partial charge on any atom is 0.190 e. The monoisotopic (exact) mass is 165 g/mol. The third-order valence-electron chi connectivity index (χ3n) is 1.62. The second-order valence-corrected chi connectivity index (χ2v) is 2.78. The van der Waals surface area contributed by atoms with Gasteiger partial charge < -0.3 is 0 Å². The predicted octanol–water partition coefficient (Wildman–Crippen LogP) is 1.49. The third kappa shape index (κ3) is 0.958. The van der Waals surface area contributed by atoms with Crippen molar-refractivity contribution in [2.75, 3.05) is 0 Å². The van der Waals surface area contributed by atoms with Crippen LogP contribution in [0.2, 0.25) is 0 Å². The van der Waals surface area contributed by atoms with Gasteiger partial charge in [-0.25, -0.2) is 13.9 Å². The minimum Gasteiger partial charge on any atom is -0.230 e. The van der Waals surface area contributed by atoms with Crippen LogP contribution < -0.4 is 0 Å². The van der Waals surface area contributed by atoms with E-state index in [-0.39, 0.29) is 11.5 Å². The lowest BCUT2D eigenvalue weighted by molar-refractivity contribution is 0.619. The number of halogens is 1. The molecule has 0 aliphatic carbocycles. The topological polar surface area (TPSA) is 30.2 Å². The van der Waals surface area contributed by atoms with Crippen LogP contribution in [0.4, 0.5) is 4.39 Å². The van der Waals surface area contributed by atoms with Crippen LogP contribution >= 0.6 is 0 Å². The number of hydrogen-bond acceptors (Lipinski definition) is 2. The maximum atomic E-state index is 13.1. The Kier molecular flexibility index (Phi) is 1.36. The molecule has 0 saturated carbocycles. The number of aromatic nitrogens is 3. The molecule has 0 aliphatic heterocycles. The fourth-order valence-electron chi connectivity index (χ4n) is 1.17. The maximum absolute atomic E-state index is 13.1. The van der Waals surface area contributed by atoms with Crippen molar-refractivity contribution < 1.29 is 4.39 Å². The summed E-state index contributed by atoms with van der Waals surface area (Å²) in [7, 11) is 0. The first-order valence-electron chi connectivity index (χ1n) is 3.66. The van der Waals surface area contributed by atoms with Crippen molar-refractivity contribution in [2.45, 2.75) is 13.8 Å². The SMILES string of the molecule is Cc1cn2nc(C)cc(F)c2n1. The van der Waals surface area contributed by atoms with Crippen molar-refractivity contribution in [1.29, 1.82) is 0 Å². The molecule has 0 radical (unpaired) electrons. The van der Waals surface area contributed by atoms with E-state index in [4.69, 9.17) is 0 Å². The molecule has 0 N–H and O–H groups in total. The van der Waals surface area contributed by atoms with E-state index in [0.717, 1.165) is 5.69 Å². The van der Waals surface area contributed by atoms with E-state index in [1.807, 2.05) is 6.92 Å². The van der Waals surface area contributed by atoms with Gasteiger partial charge in [-0.05, 0) is 13.8 Å². The van der Waals surface area contributed by atoms with E-state index in [9.17, 15) is 4.39 Å². The molecule has 62 valence electrons. The highest BCUT2D eigenvalue weighted by molar-refractivity contribution is 5.40. The molecule has 2 rings (SSSR count). The second-order valence-electron chi connectivity index (χ2n) is 2.78. The van der Waals surface area contributed by atoms with Gasteiger partial charge in [0.05, 0.1) is 17.6 Å². The molecule has 0 bridgehead atoms. The molecule has 4 heteroatoms. The Bertz CT molecular complexity index is 433. The fourth-order valence-corrected chi connectivity index (χ4v) is 1.17. The summed E-state index contributed by atoms with van der Waals surface area (Å²) < 4.78 is 14.6. The van der Waals surface area contributed by atoms with Crippen molar-refractivity contribution in [1.82, 2.24) is 14.6 Å². The number of rotatable bonds is 0. The van der Waals surface area contributed by atoms with Gasteiger partial charge in [0.2, 0.25) is 0 Å². The number of nitrogens with zero attached hydrogens (tertiary/aromatic N) is 3. The molecule has 0 unspecified atom stereocenters. The highest BCUT2D eigenvalue weighted by Crippen LogP contribution is 2.08. The minimum atomic E-state index is -0.324. The molecule has 12 heavy (non-hydrogen) atoms. The third-order valence-corrected chi connectivity index (χ3v) is 1.62. The van der Waals surface area contributed by atoms with E-state index in [0.29, 0.717) is 5.69 Å². The average molecular weight is 165 g/mol. The number of aryl methyl sites for hydroxylation is 2. The largest absolute Gasteiger partial charge is 0.230 e. The molecule has 0 fully saturated rings. The minimum absolute atomic E-state index is 0.290. The standard InChI is InChI=1S/C8H8FN3/c1-5-3-7(9)8-10-6(2)4-12(8)11-5/h3-4H,1-2H3. The van der Waals surface area contributed by atoms with Gasteiger partial charge >= 0.3 is 0 Å².